The quantitative estimate of drug-likeness (QED) is 0.0876. The van der Waals surface area contributed by atoms with Crippen molar-refractivity contribution in [2.24, 2.45) is 0 Å². The largest absolute Gasteiger partial charge is 0.356 e. The molecule has 0 fully saturated rings. The van der Waals surface area contributed by atoms with Crippen LogP contribution in [-0.2, 0) is 10.8 Å². The molecule has 5 heteroatoms. The van der Waals surface area contributed by atoms with E-state index in [0.717, 1.165) is 45.5 Å². The number of anilines is 8. The van der Waals surface area contributed by atoms with Crippen molar-refractivity contribution in [1.82, 2.24) is 0 Å². The van der Waals surface area contributed by atoms with Crippen LogP contribution in [0.3, 0.4) is 0 Å². The summed E-state index contributed by atoms with van der Waals surface area (Å²) in [5, 5.41) is 14.0. The second-order valence-corrected chi connectivity index (χ2v) is 28.2. The highest BCUT2D eigenvalue weighted by Gasteiger charge is 2.37. The van der Waals surface area contributed by atoms with Gasteiger partial charge in [0.05, 0.1) is 0 Å². The van der Waals surface area contributed by atoms with Gasteiger partial charge in [0.1, 0.15) is 5.82 Å². The molecule has 0 bridgehead atoms. The summed E-state index contributed by atoms with van der Waals surface area (Å²) in [6, 6.07) is 141. The molecule has 0 amide bonds. The third-order valence-corrected chi connectivity index (χ3v) is 20.3. The minimum atomic E-state index is -0.227. The Morgan fingerprint density at radius 2 is 0.383 bits per heavy atom. The minimum Gasteiger partial charge on any atom is -0.356 e. The Balaban J connectivity index is 0.000000116. The molecule has 4 N–H and O–H groups in total. The van der Waals surface area contributed by atoms with Crippen LogP contribution in [0.15, 0.2) is 406 Å². The molecule has 4 nitrogen and oxygen atoms in total. The lowest BCUT2D eigenvalue weighted by Crippen LogP contribution is -2.15. The van der Waals surface area contributed by atoms with E-state index in [1.807, 2.05) is 54.6 Å². The zero-order valence-corrected chi connectivity index (χ0v) is 60.6. The zero-order valence-electron chi connectivity index (χ0n) is 60.6. The minimum absolute atomic E-state index is 0.0190. The van der Waals surface area contributed by atoms with Crippen molar-refractivity contribution in [2.75, 3.05) is 21.3 Å². The van der Waals surface area contributed by atoms with Gasteiger partial charge in [0.15, 0.2) is 0 Å². The summed E-state index contributed by atoms with van der Waals surface area (Å²) < 4.78 is 12.8. The van der Waals surface area contributed by atoms with Crippen molar-refractivity contribution < 1.29 is 4.39 Å². The number of benzene rings is 16. The van der Waals surface area contributed by atoms with Crippen LogP contribution in [0.1, 0.15) is 49.9 Å². The molecule has 0 saturated carbocycles. The summed E-state index contributed by atoms with van der Waals surface area (Å²) in [6.45, 7) is 9.32. The van der Waals surface area contributed by atoms with Crippen LogP contribution >= 0.6 is 0 Å². The van der Waals surface area contributed by atoms with E-state index in [2.05, 4.69) is 377 Å². The van der Waals surface area contributed by atoms with E-state index < -0.39 is 0 Å². The lowest BCUT2D eigenvalue weighted by Gasteiger charge is -2.23. The first-order valence-electron chi connectivity index (χ1n) is 36.6. The molecule has 16 aromatic carbocycles. The number of hydrogen-bond donors (Lipinski definition) is 4. The van der Waals surface area contributed by atoms with Crippen LogP contribution in [0.25, 0.3) is 89.0 Å². The fraction of sp³-hybridized carbons (Fsp3) is 0.0588. The predicted octanol–water partition coefficient (Wildman–Crippen LogP) is 28.5. The molecular weight excluding hydrogens is 1300 g/mol. The Hall–Kier alpha value is -13.4. The highest BCUT2D eigenvalue weighted by molar-refractivity contribution is 5.86. The molecule has 18 rings (SSSR count). The fourth-order valence-electron chi connectivity index (χ4n) is 14.6. The molecule has 518 valence electrons. The molecule has 0 radical (unpaired) electrons. The molecule has 0 heterocycles. The molecule has 0 aromatic heterocycles. The maximum atomic E-state index is 12.8. The van der Waals surface area contributed by atoms with E-state index in [1.165, 1.54) is 123 Å². The zero-order chi connectivity index (χ0) is 72.9. The smallest absolute Gasteiger partial charge is 0.123 e. The van der Waals surface area contributed by atoms with Gasteiger partial charge in [-0.3, -0.25) is 0 Å². The first-order chi connectivity index (χ1) is 52.4. The van der Waals surface area contributed by atoms with Gasteiger partial charge in [-0.05, 0) is 220 Å². The van der Waals surface area contributed by atoms with Gasteiger partial charge in [0, 0.05) is 56.3 Å². The van der Waals surface area contributed by atoms with Gasteiger partial charge in [-0.1, -0.05) is 325 Å². The fourth-order valence-corrected chi connectivity index (χ4v) is 14.6. The number of nitrogens with one attached hydrogen (secondary N) is 4. The van der Waals surface area contributed by atoms with E-state index in [4.69, 9.17) is 0 Å². The van der Waals surface area contributed by atoms with Crippen LogP contribution in [-0.4, -0.2) is 0 Å². The highest BCUT2D eigenvalue weighted by Crippen LogP contribution is 2.51. The van der Waals surface area contributed by atoms with E-state index >= 15 is 0 Å². The van der Waals surface area contributed by atoms with E-state index in [9.17, 15) is 4.39 Å². The third kappa shape index (κ3) is 16.2. The van der Waals surface area contributed by atoms with Crippen LogP contribution in [0.2, 0.25) is 0 Å². The molecule has 16 aromatic rings. The van der Waals surface area contributed by atoms with E-state index in [-0.39, 0.29) is 16.6 Å². The molecular formula is C102H83FN4. The molecule has 0 aliphatic heterocycles. The Morgan fingerprint density at radius 3 is 0.701 bits per heavy atom. The first-order valence-corrected chi connectivity index (χ1v) is 36.6. The number of halogens is 1. The van der Waals surface area contributed by atoms with Crippen LogP contribution in [0.5, 0.6) is 0 Å². The molecule has 0 saturated heterocycles. The number of rotatable bonds is 14. The Morgan fingerprint density at radius 1 is 0.168 bits per heavy atom. The van der Waals surface area contributed by atoms with Gasteiger partial charge in [-0.2, -0.15) is 0 Å². The van der Waals surface area contributed by atoms with Gasteiger partial charge in [0.25, 0.3) is 0 Å². The summed E-state index contributed by atoms with van der Waals surface area (Å²) in [6.07, 6.45) is 0. The van der Waals surface area contributed by atoms with Gasteiger partial charge >= 0.3 is 0 Å². The Kier molecular flexibility index (Phi) is 20.6. The van der Waals surface area contributed by atoms with Crippen molar-refractivity contribution in [3.05, 3.63) is 435 Å². The maximum Gasteiger partial charge on any atom is 0.123 e. The molecule has 2 aliphatic carbocycles. The topological polar surface area (TPSA) is 48.1 Å². The summed E-state index contributed by atoms with van der Waals surface area (Å²) in [7, 11) is 0. The first kappa shape index (κ1) is 69.4. The summed E-state index contributed by atoms with van der Waals surface area (Å²) in [5.41, 5.74) is 34.2. The monoisotopic (exact) mass is 1380 g/mol. The lowest BCUT2D eigenvalue weighted by molar-refractivity contribution is 0.628. The van der Waals surface area contributed by atoms with Gasteiger partial charge in [-0.15, -0.1) is 0 Å². The summed E-state index contributed by atoms with van der Waals surface area (Å²) in [5.74, 6) is -0.227. The molecule has 0 spiro atoms. The van der Waals surface area contributed by atoms with Crippen LogP contribution < -0.4 is 21.3 Å². The summed E-state index contributed by atoms with van der Waals surface area (Å²) in [4.78, 5) is 0. The van der Waals surface area contributed by atoms with Gasteiger partial charge < -0.3 is 21.3 Å². The molecule has 0 atom stereocenters. The molecule has 107 heavy (non-hydrogen) atoms. The lowest BCUT2D eigenvalue weighted by atomic mass is 9.82. The van der Waals surface area contributed by atoms with Gasteiger partial charge in [-0.25, -0.2) is 4.39 Å². The average molecular weight is 1380 g/mol. The van der Waals surface area contributed by atoms with Crippen LogP contribution in [0, 0.1) is 5.82 Å². The SMILES string of the molecule is CC1(C)c2ccccc2-c2ccc(Nc3ccc4c(c3)C(C)(C)c3ccccc3-4)cc21.Fc1ccc(Nc2ccc(-c3ccccc3)cc2)cc1.c1ccc(-c2ccc(Nc3ccc(-c4ccc(-c5ccccc5)cc4)cc3)cc2)cc1.c1ccc(-c2cccc(Nc3cccc(-c4ccccc4)c3)c2)cc1. The van der Waals surface area contributed by atoms with Crippen LogP contribution in [0.4, 0.5) is 49.9 Å². The second-order valence-electron chi connectivity index (χ2n) is 28.2. The average Bonchev–Trinajstić information content (AvgIpc) is 1.59. The number of hydrogen-bond acceptors (Lipinski definition) is 4. The number of fused-ring (bicyclic) bond motifs is 6. The van der Waals surface area contributed by atoms with E-state index in [0.29, 0.717) is 0 Å². The normalized spacial score (nSPS) is 12.1. The van der Waals surface area contributed by atoms with Crippen molar-refractivity contribution in [3.8, 4) is 89.0 Å². The maximum absolute atomic E-state index is 12.8. The van der Waals surface area contributed by atoms with Crippen molar-refractivity contribution in [2.45, 2.75) is 38.5 Å². The third-order valence-electron chi connectivity index (χ3n) is 20.3. The Bertz CT molecular complexity index is 5440. The molecule has 0 unspecified atom stereocenters. The van der Waals surface area contributed by atoms with E-state index in [1.54, 1.807) is 12.1 Å². The summed E-state index contributed by atoms with van der Waals surface area (Å²) >= 11 is 0. The standard InChI is InChI=1S/C30H27N.C30H23N.C24H19N.C18H14FN/c1-29(2)25-11-7-5-9-21(25)23-15-13-19(17-27(23)29)31-20-14-16-24-22-10-6-8-12-26(22)30(3,4)28(24)18-20;1-3-7-23(8-4-1)25-11-13-26(14-12-25)28-17-21-30(22-18-28)31-29-19-15-27(16-20-29)24-9-5-2-6-10-24;1-3-9-19(10-4-1)21-13-7-15-23(17-21)25-24-16-8-14-22(18-24)20-11-5-2-6-12-20;19-16-8-12-18(13-9-16)20-17-10-6-15(7-11-17)14-4-2-1-3-5-14/h5-18,31H,1-4H3;1-22,31H;1-18,25H;1-13,20H. The highest BCUT2D eigenvalue weighted by atomic mass is 19.1. The Labute approximate surface area is 629 Å². The van der Waals surface area contributed by atoms with Gasteiger partial charge in [0.2, 0.25) is 0 Å². The van der Waals surface area contributed by atoms with Crippen molar-refractivity contribution in [3.63, 3.8) is 0 Å². The second kappa shape index (κ2) is 31.7. The molecule has 2 aliphatic rings. The van der Waals surface area contributed by atoms with Crippen molar-refractivity contribution in [1.29, 1.82) is 0 Å². The van der Waals surface area contributed by atoms with Crippen molar-refractivity contribution >= 4 is 45.5 Å². The predicted molar refractivity (Wildman–Crippen MR) is 452 cm³/mol.